The monoisotopic (exact) mass is 407 g/mol. The van der Waals surface area contributed by atoms with E-state index in [0.717, 1.165) is 22.1 Å². The molecule has 6 nitrogen and oxygen atoms in total. The first-order valence-corrected chi connectivity index (χ1v) is 9.29. The Labute approximate surface area is 172 Å². The van der Waals surface area contributed by atoms with Crippen LogP contribution in [0.25, 0.3) is 22.0 Å². The van der Waals surface area contributed by atoms with Gasteiger partial charge in [-0.05, 0) is 34.9 Å². The van der Waals surface area contributed by atoms with Gasteiger partial charge in [0.25, 0.3) is 0 Å². The molecule has 0 N–H and O–H groups in total. The van der Waals surface area contributed by atoms with Gasteiger partial charge < -0.3 is 9.47 Å². The molecule has 0 fully saturated rings. The summed E-state index contributed by atoms with van der Waals surface area (Å²) in [6.07, 6.45) is 3.42. The summed E-state index contributed by atoms with van der Waals surface area (Å²) in [6, 6.07) is 15.3. The molecule has 2 aromatic carbocycles. The Hall–Kier alpha value is -3.38. The van der Waals surface area contributed by atoms with E-state index in [2.05, 4.69) is 10.1 Å². The van der Waals surface area contributed by atoms with Crippen LogP contribution in [0.4, 0.5) is 0 Å². The minimum atomic E-state index is -0.443. The Morgan fingerprint density at radius 3 is 2.59 bits per heavy atom. The van der Waals surface area contributed by atoms with E-state index in [1.54, 1.807) is 36.3 Å². The van der Waals surface area contributed by atoms with E-state index in [-0.39, 0.29) is 0 Å². The molecule has 0 bridgehead atoms. The number of carbonyl (C=O) groups excluding carboxylic acids is 1. The molecule has 4 rings (SSSR count). The number of pyridine rings is 1. The minimum absolute atomic E-state index is 0.396. The van der Waals surface area contributed by atoms with E-state index in [9.17, 15) is 4.79 Å². The molecule has 0 unspecified atom stereocenters. The summed E-state index contributed by atoms with van der Waals surface area (Å²) in [6.45, 7) is 0.509. The Morgan fingerprint density at radius 1 is 1.07 bits per heavy atom. The lowest BCUT2D eigenvalue weighted by Crippen LogP contribution is -2.08. The fourth-order valence-corrected chi connectivity index (χ4v) is 3.48. The van der Waals surface area contributed by atoms with Gasteiger partial charge in [0.05, 0.1) is 38.0 Å². The van der Waals surface area contributed by atoms with Gasteiger partial charge in [-0.2, -0.15) is 5.10 Å². The Bertz CT molecular complexity index is 1190. The van der Waals surface area contributed by atoms with Crippen molar-refractivity contribution in [1.82, 2.24) is 14.8 Å². The molecule has 0 atom stereocenters. The van der Waals surface area contributed by atoms with Gasteiger partial charge in [-0.3, -0.25) is 4.68 Å². The third-order valence-corrected chi connectivity index (χ3v) is 4.89. The first-order chi connectivity index (χ1) is 14.1. The standard InChI is InChI=1S/C22H18ClN3O3/c1-28-20-10-16(7-8-24-20)15-5-3-14(4-6-15)13-26-21-17(12-25-26)9-18(23)11-19(21)22(27)29-2/h3-12H,13H2,1-2H3. The predicted molar refractivity (Wildman–Crippen MR) is 111 cm³/mol. The zero-order chi connectivity index (χ0) is 20.4. The number of ether oxygens (including phenoxy) is 2. The van der Waals surface area contributed by atoms with Crippen LogP contribution in [-0.2, 0) is 11.3 Å². The summed E-state index contributed by atoms with van der Waals surface area (Å²) in [5.41, 5.74) is 4.22. The maximum atomic E-state index is 12.2. The first kappa shape index (κ1) is 19.0. The number of fused-ring (bicyclic) bond motifs is 1. The maximum absolute atomic E-state index is 12.2. The summed E-state index contributed by atoms with van der Waals surface area (Å²) in [5.74, 6) is 0.129. The largest absolute Gasteiger partial charge is 0.481 e. The van der Waals surface area contributed by atoms with Gasteiger partial charge in [0.15, 0.2) is 0 Å². The lowest BCUT2D eigenvalue weighted by molar-refractivity contribution is 0.0602. The molecule has 4 aromatic rings. The van der Waals surface area contributed by atoms with Crippen molar-refractivity contribution in [2.75, 3.05) is 14.2 Å². The van der Waals surface area contributed by atoms with Gasteiger partial charge in [0.1, 0.15) is 0 Å². The van der Waals surface area contributed by atoms with Crippen LogP contribution in [0.2, 0.25) is 5.02 Å². The molecule has 2 heterocycles. The summed E-state index contributed by atoms with van der Waals surface area (Å²) >= 11 is 6.13. The lowest BCUT2D eigenvalue weighted by Gasteiger charge is -2.09. The molecule has 0 aliphatic heterocycles. The van der Waals surface area contributed by atoms with Crippen molar-refractivity contribution in [2.24, 2.45) is 0 Å². The highest BCUT2D eigenvalue weighted by atomic mass is 35.5. The van der Waals surface area contributed by atoms with Gasteiger partial charge in [0, 0.05) is 22.7 Å². The van der Waals surface area contributed by atoms with Crippen LogP contribution in [0.15, 0.2) is 60.9 Å². The highest BCUT2D eigenvalue weighted by molar-refractivity contribution is 6.32. The molecule has 2 aromatic heterocycles. The Kier molecular flexibility index (Phi) is 5.18. The lowest BCUT2D eigenvalue weighted by atomic mass is 10.0. The molecule has 0 spiro atoms. The zero-order valence-electron chi connectivity index (χ0n) is 15.9. The molecule has 0 radical (unpaired) electrons. The second-order valence-electron chi connectivity index (χ2n) is 6.47. The SMILES string of the molecule is COC(=O)c1cc(Cl)cc2cnn(Cc3ccc(-c4ccnc(OC)c4)cc3)c12. The zero-order valence-corrected chi connectivity index (χ0v) is 16.7. The first-order valence-electron chi connectivity index (χ1n) is 8.92. The number of halogens is 1. The second kappa shape index (κ2) is 7.93. The van der Waals surface area contributed by atoms with E-state index in [4.69, 9.17) is 21.1 Å². The van der Waals surface area contributed by atoms with E-state index in [0.29, 0.717) is 28.5 Å². The number of methoxy groups -OCH3 is 2. The van der Waals surface area contributed by atoms with E-state index in [1.807, 2.05) is 36.4 Å². The highest BCUT2D eigenvalue weighted by Gasteiger charge is 2.16. The molecule has 0 amide bonds. The number of benzene rings is 2. The molecule has 0 aliphatic rings. The number of esters is 1. The summed E-state index contributed by atoms with van der Waals surface area (Å²) in [5, 5.41) is 5.70. The third kappa shape index (κ3) is 3.79. The van der Waals surface area contributed by atoms with Gasteiger partial charge >= 0.3 is 5.97 Å². The second-order valence-corrected chi connectivity index (χ2v) is 6.91. The number of carbonyl (C=O) groups is 1. The minimum Gasteiger partial charge on any atom is -0.481 e. The highest BCUT2D eigenvalue weighted by Crippen LogP contribution is 2.26. The van der Waals surface area contributed by atoms with Crippen LogP contribution < -0.4 is 4.74 Å². The number of aromatic nitrogens is 3. The number of rotatable bonds is 5. The fourth-order valence-electron chi connectivity index (χ4n) is 3.26. The van der Waals surface area contributed by atoms with Crippen molar-refractivity contribution in [1.29, 1.82) is 0 Å². The number of nitrogens with zero attached hydrogens (tertiary/aromatic N) is 3. The van der Waals surface area contributed by atoms with E-state index in [1.165, 1.54) is 7.11 Å². The topological polar surface area (TPSA) is 66.2 Å². The van der Waals surface area contributed by atoms with Gasteiger partial charge in [-0.15, -0.1) is 0 Å². The third-order valence-electron chi connectivity index (χ3n) is 4.67. The van der Waals surface area contributed by atoms with Crippen molar-refractivity contribution in [2.45, 2.75) is 6.54 Å². The Balaban J connectivity index is 1.66. The summed E-state index contributed by atoms with van der Waals surface area (Å²) in [4.78, 5) is 16.3. The number of hydrogen-bond acceptors (Lipinski definition) is 5. The van der Waals surface area contributed by atoms with Crippen molar-refractivity contribution in [3.63, 3.8) is 0 Å². The summed E-state index contributed by atoms with van der Waals surface area (Å²) in [7, 11) is 2.95. The Morgan fingerprint density at radius 2 is 1.86 bits per heavy atom. The van der Waals surface area contributed by atoms with Gasteiger partial charge in [-0.25, -0.2) is 9.78 Å². The van der Waals surface area contributed by atoms with Gasteiger partial charge in [0.2, 0.25) is 5.88 Å². The van der Waals surface area contributed by atoms with Crippen LogP contribution in [0, 0.1) is 0 Å². The number of hydrogen-bond donors (Lipinski definition) is 0. The molecule has 0 saturated heterocycles. The smallest absolute Gasteiger partial charge is 0.340 e. The predicted octanol–water partition coefficient (Wildman–Crippen LogP) is 4.60. The molecular formula is C22H18ClN3O3. The van der Waals surface area contributed by atoms with E-state index >= 15 is 0 Å². The maximum Gasteiger partial charge on any atom is 0.340 e. The van der Waals surface area contributed by atoms with Crippen LogP contribution in [-0.4, -0.2) is 35.0 Å². The molecule has 7 heteroatoms. The van der Waals surface area contributed by atoms with Crippen LogP contribution in [0.5, 0.6) is 5.88 Å². The molecule has 0 saturated carbocycles. The quantitative estimate of drug-likeness (QED) is 0.452. The van der Waals surface area contributed by atoms with Crippen LogP contribution >= 0.6 is 11.6 Å². The van der Waals surface area contributed by atoms with Crippen molar-refractivity contribution < 1.29 is 14.3 Å². The van der Waals surface area contributed by atoms with E-state index < -0.39 is 5.97 Å². The van der Waals surface area contributed by atoms with Crippen LogP contribution in [0.3, 0.4) is 0 Å². The molecule has 146 valence electrons. The van der Waals surface area contributed by atoms with Crippen molar-refractivity contribution >= 4 is 28.5 Å². The van der Waals surface area contributed by atoms with Gasteiger partial charge in [-0.1, -0.05) is 35.9 Å². The molecule has 0 aliphatic carbocycles. The normalized spacial score (nSPS) is 10.9. The average Bonchev–Trinajstić information content (AvgIpc) is 3.15. The average molecular weight is 408 g/mol. The molecular weight excluding hydrogens is 390 g/mol. The fraction of sp³-hybridized carbons (Fsp3) is 0.136. The molecule has 29 heavy (non-hydrogen) atoms. The summed E-state index contributed by atoms with van der Waals surface area (Å²) < 4.78 is 11.9. The van der Waals surface area contributed by atoms with Crippen LogP contribution in [0.1, 0.15) is 15.9 Å². The van der Waals surface area contributed by atoms with Crippen molar-refractivity contribution in [3.8, 4) is 17.0 Å². The van der Waals surface area contributed by atoms with Crippen molar-refractivity contribution in [3.05, 3.63) is 77.1 Å².